The Morgan fingerprint density at radius 2 is 1.75 bits per heavy atom. The van der Waals surface area contributed by atoms with Gasteiger partial charge in [0, 0.05) is 11.1 Å². The quantitative estimate of drug-likeness (QED) is 0.227. The standard InChI is InChI=1S/C27H27N3O6/c1-4-36-25-14-18(10-12-23(25)31)17-28-30-27(33)22(29-26(32)19-8-6-5-7-9-19)16-20-15-21(34-2)11-13-24(20)35-3/h5-17,31H,4H2,1-3H3,(H,29,32)(H,30,33)/b22-16-,28-17-. The largest absolute Gasteiger partial charge is 0.504 e. The molecule has 0 saturated heterocycles. The summed E-state index contributed by atoms with van der Waals surface area (Å²) < 4.78 is 16.0. The molecule has 9 heteroatoms. The number of carbonyl (C=O) groups excluding carboxylic acids is 2. The highest BCUT2D eigenvalue weighted by atomic mass is 16.5. The number of benzene rings is 3. The van der Waals surface area contributed by atoms with Crippen molar-refractivity contribution >= 4 is 24.1 Å². The van der Waals surface area contributed by atoms with E-state index in [-0.39, 0.29) is 11.4 Å². The first-order valence-corrected chi connectivity index (χ1v) is 11.0. The first-order chi connectivity index (χ1) is 17.4. The lowest BCUT2D eigenvalue weighted by Gasteiger charge is -2.12. The average Bonchev–Trinajstić information content (AvgIpc) is 2.90. The van der Waals surface area contributed by atoms with Crippen molar-refractivity contribution in [3.05, 3.63) is 89.1 Å². The highest BCUT2D eigenvalue weighted by molar-refractivity contribution is 6.05. The highest BCUT2D eigenvalue weighted by Gasteiger charge is 2.16. The number of hydrogen-bond acceptors (Lipinski definition) is 7. The Labute approximate surface area is 209 Å². The number of carbonyl (C=O) groups is 2. The molecule has 0 spiro atoms. The van der Waals surface area contributed by atoms with Gasteiger partial charge in [0.2, 0.25) is 0 Å². The maximum Gasteiger partial charge on any atom is 0.287 e. The van der Waals surface area contributed by atoms with Crippen LogP contribution in [-0.2, 0) is 4.79 Å². The Balaban J connectivity index is 1.88. The van der Waals surface area contributed by atoms with E-state index in [0.29, 0.717) is 40.5 Å². The van der Waals surface area contributed by atoms with Gasteiger partial charge in [-0.3, -0.25) is 9.59 Å². The lowest BCUT2D eigenvalue weighted by atomic mass is 10.1. The smallest absolute Gasteiger partial charge is 0.287 e. The summed E-state index contributed by atoms with van der Waals surface area (Å²) in [5, 5.41) is 16.5. The molecule has 0 fully saturated rings. The number of rotatable bonds is 10. The fraction of sp³-hybridized carbons (Fsp3) is 0.148. The van der Waals surface area contributed by atoms with Crippen molar-refractivity contribution in [2.45, 2.75) is 6.92 Å². The van der Waals surface area contributed by atoms with Gasteiger partial charge in [0.1, 0.15) is 17.2 Å². The van der Waals surface area contributed by atoms with Crippen LogP contribution in [-0.4, -0.2) is 44.0 Å². The van der Waals surface area contributed by atoms with E-state index in [9.17, 15) is 14.7 Å². The minimum Gasteiger partial charge on any atom is -0.504 e. The number of nitrogens with zero attached hydrogens (tertiary/aromatic N) is 1. The van der Waals surface area contributed by atoms with E-state index in [1.54, 1.807) is 67.6 Å². The molecule has 2 amide bonds. The van der Waals surface area contributed by atoms with E-state index in [1.807, 2.05) is 0 Å². The van der Waals surface area contributed by atoms with E-state index in [1.165, 1.54) is 32.6 Å². The van der Waals surface area contributed by atoms with E-state index in [4.69, 9.17) is 14.2 Å². The number of nitrogens with one attached hydrogen (secondary N) is 2. The minimum atomic E-state index is -0.663. The molecule has 0 aliphatic carbocycles. The molecule has 0 heterocycles. The molecular weight excluding hydrogens is 462 g/mol. The Morgan fingerprint density at radius 3 is 2.44 bits per heavy atom. The van der Waals surface area contributed by atoms with Crippen LogP contribution in [0.25, 0.3) is 6.08 Å². The molecule has 0 aromatic heterocycles. The van der Waals surface area contributed by atoms with E-state index >= 15 is 0 Å². The fourth-order valence-electron chi connectivity index (χ4n) is 3.16. The Bertz CT molecular complexity index is 1270. The number of phenolic OH excluding ortho intramolecular Hbond substituents is 1. The molecule has 3 N–H and O–H groups in total. The zero-order valence-electron chi connectivity index (χ0n) is 20.1. The van der Waals surface area contributed by atoms with Gasteiger partial charge in [-0.1, -0.05) is 18.2 Å². The van der Waals surface area contributed by atoms with Crippen LogP contribution in [0.5, 0.6) is 23.0 Å². The molecular formula is C27H27N3O6. The minimum absolute atomic E-state index is 0.000818. The molecule has 0 aliphatic heterocycles. The molecule has 0 aliphatic rings. The second-order valence-electron chi connectivity index (χ2n) is 7.35. The second-order valence-corrected chi connectivity index (χ2v) is 7.35. The Hall–Kier alpha value is -4.79. The summed E-state index contributed by atoms with van der Waals surface area (Å²) in [6.45, 7) is 2.18. The van der Waals surface area contributed by atoms with Crippen molar-refractivity contribution in [3.8, 4) is 23.0 Å². The summed E-state index contributed by atoms with van der Waals surface area (Å²) in [7, 11) is 3.02. The topological polar surface area (TPSA) is 118 Å². The van der Waals surface area contributed by atoms with Gasteiger partial charge in [0.15, 0.2) is 11.5 Å². The third kappa shape index (κ3) is 6.86. The monoisotopic (exact) mass is 489 g/mol. The normalized spacial score (nSPS) is 11.1. The van der Waals surface area contributed by atoms with Crippen molar-refractivity contribution in [2.24, 2.45) is 5.10 Å². The van der Waals surface area contributed by atoms with Gasteiger partial charge in [-0.2, -0.15) is 5.10 Å². The number of ether oxygens (including phenoxy) is 3. The predicted octanol–water partition coefficient (Wildman–Crippen LogP) is 3.73. The lowest BCUT2D eigenvalue weighted by molar-refractivity contribution is -0.117. The van der Waals surface area contributed by atoms with Crippen molar-refractivity contribution in [3.63, 3.8) is 0 Å². The number of phenols is 1. The maximum absolute atomic E-state index is 13.0. The van der Waals surface area contributed by atoms with Crippen LogP contribution in [0.3, 0.4) is 0 Å². The molecule has 0 bridgehead atoms. The molecule has 3 rings (SSSR count). The van der Waals surface area contributed by atoms with Crippen LogP contribution in [0.15, 0.2) is 77.5 Å². The summed E-state index contributed by atoms with van der Waals surface area (Å²) >= 11 is 0. The molecule has 0 unspecified atom stereocenters. The van der Waals surface area contributed by atoms with Gasteiger partial charge in [0.25, 0.3) is 11.8 Å². The number of hydrogen-bond donors (Lipinski definition) is 3. The number of aromatic hydroxyl groups is 1. The van der Waals surface area contributed by atoms with Crippen LogP contribution in [0.2, 0.25) is 0 Å². The highest BCUT2D eigenvalue weighted by Crippen LogP contribution is 2.27. The zero-order chi connectivity index (χ0) is 25.9. The number of hydrazone groups is 1. The zero-order valence-corrected chi connectivity index (χ0v) is 20.1. The van der Waals surface area contributed by atoms with Crippen LogP contribution >= 0.6 is 0 Å². The summed E-state index contributed by atoms with van der Waals surface area (Å²) in [6.07, 6.45) is 2.86. The summed E-state index contributed by atoms with van der Waals surface area (Å²) in [5.74, 6) is 0.192. The van der Waals surface area contributed by atoms with Crippen LogP contribution in [0.4, 0.5) is 0 Å². The van der Waals surface area contributed by atoms with Crippen molar-refractivity contribution in [1.82, 2.24) is 10.7 Å². The first kappa shape index (κ1) is 25.8. The lowest BCUT2D eigenvalue weighted by Crippen LogP contribution is -2.32. The number of amides is 2. The van der Waals surface area contributed by atoms with E-state index in [2.05, 4.69) is 15.8 Å². The average molecular weight is 490 g/mol. The molecule has 3 aromatic carbocycles. The molecule has 9 nitrogen and oxygen atoms in total. The summed E-state index contributed by atoms with van der Waals surface area (Å²) in [6, 6.07) is 18.3. The predicted molar refractivity (Wildman–Crippen MR) is 136 cm³/mol. The first-order valence-electron chi connectivity index (χ1n) is 11.0. The van der Waals surface area contributed by atoms with Gasteiger partial charge in [-0.25, -0.2) is 5.43 Å². The van der Waals surface area contributed by atoms with Crippen molar-refractivity contribution < 1.29 is 28.9 Å². The second kappa shape index (κ2) is 12.6. The van der Waals surface area contributed by atoms with Gasteiger partial charge in [0.05, 0.1) is 27.0 Å². The van der Waals surface area contributed by atoms with E-state index in [0.717, 1.165) is 0 Å². The third-order valence-corrected chi connectivity index (χ3v) is 4.93. The molecule has 186 valence electrons. The molecule has 0 atom stereocenters. The van der Waals surface area contributed by atoms with Gasteiger partial charge < -0.3 is 24.6 Å². The molecule has 0 radical (unpaired) electrons. The van der Waals surface area contributed by atoms with Gasteiger partial charge in [-0.05, 0) is 67.1 Å². The van der Waals surface area contributed by atoms with Crippen LogP contribution < -0.4 is 25.0 Å². The fourth-order valence-corrected chi connectivity index (χ4v) is 3.16. The van der Waals surface area contributed by atoms with Gasteiger partial charge >= 0.3 is 0 Å². The van der Waals surface area contributed by atoms with Gasteiger partial charge in [-0.15, -0.1) is 0 Å². The summed E-state index contributed by atoms with van der Waals surface area (Å²) in [4.78, 5) is 25.8. The summed E-state index contributed by atoms with van der Waals surface area (Å²) in [5.41, 5.74) is 3.83. The number of methoxy groups -OCH3 is 2. The van der Waals surface area contributed by atoms with E-state index < -0.39 is 11.8 Å². The molecule has 3 aromatic rings. The SMILES string of the molecule is CCOc1cc(/C=N\NC(=O)/C(=C/c2cc(OC)ccc2OC)NC(=O)c2ccccc2)ccc1O. The van der Waals surface area contributed by atoms with Crippen molar-refractivity contribution in [1.29, 1.82) is 0 Å². The van der Waals surface area contributed by atoms with Crippen LogP contribution in [0.1, 0.15) is 28.4 Å². The Morgan fingerprint density at radius 1 is 0.972 bits per heavy atom. The Kier molecular flexibility index (Phi) is 9.05. The third-order valence-electron chi connectivity index (χ3n) is 4.93. The van der Waals surface area contributed by atoms with Crippen molar-refractivity contribution in [2.75, 3.05) is 20.8 Å². The molecule has 0 saturated carbocycles. The molecule has 36 heavy (non-hydrogen) atoms. The maximum atomic E-state index is 13.0. The van der Waals surface area contributed by atoms with Crippen LogP contribution in [0, 0.1) is 0 Å².